The second-order valence-electron chi connectivity index (χ2n) is 4.72. The summed E-state index contributed by atoms with van der Waals surface area (Å²) in [5.74, 6) is 0.744. The lowest BCUT2D eigenvalue weighted by Crippen LogP contribution is -2.38. The lowest BCUT2D eigenvalue weighted by Gasteiger charge is -2.25. The Morgan fingerprint density at radius 1 is 1.26 bits per heavy atom. The molecular formula is C13H23N5O. The van der Waals surface area contributed by atoms with Gasteiger partial charge in [0.1, 0.15) is 0 Å². The number of carbonyl (C=O) groups is 1. The van der Waals surface area contributed by atoms with E-state index in [2.05, 4.69) is 10.2 Å². The Hall–Kier alpha value is -1.69. The van der Waals surface area contributed by atoms with Crippen LogP contribution in [-0.4, -0.2) is 48.2 Å². The topological polar surface area (TPSA) is 75.4 Å². The smallest absolute Gasteiger partial charge is 0.241 e. The van der Waals surface area contributed by atoms with Gasteiger partial charge in [0.2, 0.25) is 5.91 Å². The van der Waals surface area contributed by atoms with Crippen LogP contribution in [0.3, 0.4) is 0 Å². The fourth-order valence-corrected chi connectivity index (χ4v) is 1.78. The molecule has 6 heteroatoms. The van der Waals surface area contributed by atoms with E-state index in [1.165, 1.54) is 0 Å². The fraction of sp³-hybridized carbons (Fsp3) is 0.615. The molecule has 2 N–H and O–H groups in total. The monoisotopic (exact) mass is 265 g/mol. The van der Waals surface area contributed by atoms with Crippen molar-refractivity contribution in [2.75, 3.05) is 32.1 Å². The van der Waals surface area contributed by atoms with Crippen LogP contribution in [0.2, 0.25) is 0 Å². The molecule has 1 rings (SSSR count). The average molecular weight is 265 g/mol. The number of aromatic nitrogens is 2. The van der Waals surface area contributed by atoms with E-state index in [-0.39, 0.29) is 12.5 Å². The van der Waals surface area contributed by atoms with E-state index in [4.69, 9.17) is 5.73 Å². The standard InChI is InChI=1S/C13H23N5O/c1-6-18(8-12(19)17(4)5)13-11(7-14)9(2)10(3)15-16-13/h6-8,14H2,1-5H3. The molecule has 0 atom stereocenters. The van der Waals surface area contributed by atoms with Crippen LogP contribution in [0, 0.1) is 13.8 Å². The summed E-state index contributed by atoms with van der Waals surface area (Å²) in [7, 11) is 3.48. The lowest BCUT2D eigenvalue weighted by atomic mass is 10.1. The number of nitrogens with zero attached hydrogens (tertiary/aromatic N) is 4. The van der Waals surface area contributed by atoms with E-state index < -0.39 is 0 Å². The van der Waals surface area contributed by atoms with Gasteiger partial charge in [-0.05, 0) is 26.3 Å². The van der Waals surface area contributed by atoms with Gasteiger partial charge in [0.05, 0.1) is 12.2 Å². The van der Waals surface area contributed by atoms with E-state index in [0.717, 1.165) is 16.8 Å². The molecule has 19 heavy (non-hydrogen) atoms. The predicted octanol–water partition coefficient (Wildman–Crippen LogP) is 0.467. The summed E-state index contributed by atoms with van der Waals surface area (Å²) in [5.41, 5.74) is 8.69. The first kappa shape index (κ1) is 15.4. The first-order valence-electron chi connectivity index (χ1n) is 6.40. The zero-order chi connectivity index (χ0) is 14.6. The minimum Gasteiger partial charge on any atom is -0.347 e. The van der Waals surface area contributed by atoms with Gasteiger partial charge in [0.25, 0.3) is 0 Å². The normalized spacial score (nSPS) is 10.4. The molecule has 0 saturated heterocycles. The van der Waals surface area contributed by atoms with Gasteiger partial charge in [0, 0.05) is 32.7 Å². The number of likely N-dealkylation sites (N-methyl/N-ethyl adjacent to an activating group) is 2. The quantitative estimate of drug-likeness (QED) is 0.837. The Balaban J connectivity index is 3.11. The van der Waals surface area contributed by atoms with Crippen LogP contribution in [0.15, 0.2) is 0 Å². The fourth-order valence-electron chi connectivity index (χ4n) is 1.78. The van der Waals surface area contributed by atoms with Crippen LogP contribution in [0.5, 0.6) is 0 Å². The molecule has 6 nitrogen and oxygen atoms in total. The summed E-state index contributed by atoms with van der Waals surface area (Å²) in [4.78, 5) is 15.3. The molecule has 1 aromatic rings. The second-order valence-corrected chi connectivity index (χ2v) is 4.72. The largest absolute Gasteiger partial charge is 0.347 e. The molecule has 0 bridgehead atoms. The van der Waals surface area contributed by atoms with Gasteiger partial charge in [-0.25, -0.2) is 0 Å². The maximum Gasteiger partial charge on any atom is 0.241 e. The molecule has 106 valence electrons. The molecule has 0 spiro atoms. The molecule has 0 aliphatic heterocycles. The van der Waals surface area contributed by atoms with E-state index in [1.807, 2.05) is 25.7 Å². The zero-order valence-electron chi connectivity index (χ0n) is 12.4. The van der Waals surface area contributed by atoms with Crippen molar-refractivity contribution in [3.8, 4) is 0 Å². The molecule has 1 aromatic heterocycles. The molecule has 1 heterocycles. The Morgan fingerprint density at radius 3 is 2.37 bits per heavy atom. The van der Waals surface area contributed by atoms with Gasteiger partial charge in [-0.15, -0.1) is 5.10 Å². The van der Waals surface area contributed by atoms with Gasteiger partial charge in [-0.1, -0.05) is 0 Å². The number of aryl methyl sites for hydroxylation is 1. The van der Waals surface area contributed by atoms with E-state index in [0.29, 0.717) is 18.9 Å². The molecule has 0 unspecified atom stereocenters. The number of hydrogen-bond acceptors (Lipinski definition) is 5. The van der Waals surface area contributed by atoms with Crippen molar-refractivity contribution in [3.05, 3.63) is 16.8 Å². The highest BCUT2D eigenvalue weighted by Crippen LogP contribution is 2.21. The number of nitrogens with two attached hydrogens (primary N) is 1. The zero-order valence-corrected chi connectivity index (χ0v) is 12.4. The maximum absolute atomic E-state index is 11.8. The molecule has 0 aliphatic carbocycles. The average Bonchev–Trinajstić information content (AvgIpc) is 2.38. The predicted molar refractivity (Wildman–Crippen MR) is 76.0 cm³/mol. The Labute approximate surface area is 114 Å². The number of amides is 1. The van der Waals surface area contributed by atoms with Crippen molar-refractivity contribution in [1.29, 1.82) is 0 Å². The van der Waals surface area contributed by atoms with Crippen LogP contribution in [-0.2, 0) is 11.3 Å². The molecule has 0 radical (unpaired) electrons. The van der Waals surface area contributed by atoms with Crippen LogP contribution in [0.1, 0.15) is 23.7 Å². The van der Waals surface area contributed by atoms with Crippen molar-refractivity contribution in [1.82, 2.24) is 15.1 Å². The summed E-state index contributed by atoms with van der Waals surface area (Å²) in [6.45, 7) is 7.24. The van der Waals surface area contributed by atoms with Crippen molar-refractivity contribution < 1.29 is 4.79 Å². The maximum atomic E-state index is 11.8. The number of hydrogen-bond donors (Lipinski definition) is 1. The lowest BCUT2D eigenvalue weighted by molar-refractivity contribution is -0.127. The number of anilines is 1. The first-order chi connectivity index (χ1) is 8.92. The molecule has 0 aliphatic rings. The highest BCUT2D eigenvalue weighted by atomic mass is 16.2. The highest BCUT2D eigenvalue weighted by molar-refractivity contribution is 5.81. The second kappa shape index (κ2) is 6.47. The third-order valence-electron chi connectivity index (χ3n) is 3.27. The van der Waals surface area contributed by atoms with E-state index in [9.17, 15) is 4.79 Å². The van der Waals surface area contributed by atoms with Gasteiger partial charge in [-0.2, -0.15) is 5.10 Å². The van der Waals surface area contributed by atoms with Crippen LogP contribution < -0.4 is 10.6 Å². The van der Waals surface area contributed by atoms with E-state index >= 15 is 0 Å². The van der Waals surface area contributed by atoms with Gasteiger partial charge >= 0.3 is 0 Å². The van der Waals surface area contributed by atoms with E-state index in [1.54, 1.807) is 19.0 Å². The van der Waals surface area contributed by atoms with Gasteiger partial charge in [0.15, 0.2) is 5.82 Å². The van der Waals surface area contributed by atoms with Crippen molar-refractivity contribution >= 4 is 11.7 Å². The van der Waals surface area contributed by atoms with Crippen LogP contribution in [0.4, 0.5) is 5.82 Å². The minimum atomic E-state index is 0.0323. The third-order valence-corrected chi connectivity index (χ3v) is 3.27. The summed E-state index contributed by atoms with van der Waals surface area (Å²) in [6.07, 6.45) is 0. The molecule has 0 saturated carbocycles. The summed E-state index contributed by atoms with van der Waals surface area (Å²) < 4.78 is 0. The van der Waals surface area contributed by atoms with Crippen LogP contribution in [0.25, 0.3) is 0 Å². The Bertz CT molecular complexity index is 459. The van der Waals surface area contributed by atoms with Crippen LogP contribution >= 0.6 is 0 Å². The summed E-state index contributed by atoms with van der Waals surface area (Å²) in [6, 6.07) is 0. The molecule has 0 fully saturated rings. The SMILES string of the molecule is CCN(CC(=O)N(C)C)c1nnc(C)c(C)c1CN. The van der Waals surface area contributed by atoms with Gasteiger partial charge in [-0.3, -0.25) is 4.79 Å². The highest BCUT2D eigenvalue weighted by Gasteiger charge is 2.18. The van der Waals surface area contributed by atoms with Crippen molar-refractivity contribution in [3.63, 3.8) is 0 Å². The van der Waals surface area contributed by atoms with Crippen molar-refractivity contribution in [2.24, 2.45) is 5.73 Å². The summed E-state index contributed by atoms with van der Waals surface area (Å²) in [5, 5.41) is 8.35. The Morgan fingerprint density at radius 2 is 1.89 bits per heavy atom. The number of carbonyl (C=O) groups excluding carboxylic acids is 1. The molecule has 0 aromatic carbocycles. The number of rotatable bonds is 5. The first-order valence-corrected chi connectivity index (χ1v) is 6.40. The minimum absolute atomic E-state index is 0.0323. The Kier molecular flexibility index (Phi) is 5.23. The molecular weight excluding hydrogens is 242 g/mol. The molecule has 1 amide bonds. The van der Waals surface area contributed by atoms with Crippen molar-refractivity contribution in [2.45, 2.75) is 27.3 Å². The van der Waals surface area contributed by atoms with Gasteiger partial charge < -0.3 is 15.5 Å². The summed E-state index contributed by atoms with van der Waals surface area (Å²) >= 11 is 0. The third kappa shape index (κ3) is 3.41.